The first-order chi connectivity index (χ1) is 8.24. The van der Waals surface area contributed by atoms with Crippen molar-refractivity contribution in [1.82, 2.24) is 5.32 Å². The lowest BCUT2D eigenvalue weighted by Gasteiger charge is -2.07. The van der Waals surface area contributed by atoms with Gasteiger partial charge in [0.15, 0.2) is 0 Å². The van der Waals surface area contributed by atoms with Crippen LogP contribution in [0.5, 0.6) is 0 Å². The van der Waals surface area contributed by atoms with E-state index in [1.54, 1.807) is 35.6 Å². The first-order valence-electron chi connectivity index (χ1n) is 5.15. The molecule has 0 saturated carbocycles. The maximum absolute atomic E-state index is 11.6. The van der Waals surface area contributed by atoms with E-state index in [0.717, 1.165) is 5.56 Å². The Labute approximate surface area is 103 Å². The van der Waals surface area contributed by atoms with Crippen LogP contribution in [0.1, 0.15) is 5.56 Å². The monoisotopic (exact) mass is 247 g/mol. The second-order valence-electron chi connectivity index (χ2n) is 3.56. The van der Waals surface area contributed by atoms with Crippen LogP contribution in [-0.2, 0) is 6.54 Å². The Morgan fingerprint density at radius 3 is 2.94 bits per heavy atom. The van der Waals surface area contributed by atoms with Crippen molar-refractivity contribution < 1.29 is 4.79 Å². The molecule has 0 unspecified atom stereocenters. The molecule has 0 bridgehead atoms. The van der Waals surface area contributed by atoms with Crippen LogP contribution in [0.2, 0.25) is 0 Å². The lowest BCUT2D eigenvalue weighted by Crippen LogP contribution is -2.27. The summed E-state index contributed by atoms with van der Waals surface area (Å²) in [5, 5.41) is 9.47. The Morgan fingerprint density at radius 1 is 1.35 bits per heavy atom. The topological polar surface area (TPSA) is 67.1 Å². The lowest BCUT2D eigenvalue weighted by molar-refractivity contribution is 0.252. The van der Waals surface area contributed by atoms with Crippen molar-refractivity contribution in [2.45, 2.75) is 6.54 Å². The number of rotatable bonds is 3. The minimum Gasteiger partial charge on any atom is -0.399 e. The normalized spacial score (nSPS) is 9.88. The molecular weight excluding hydrogens is 234 g/mol. The largest absolute Gasteiger partial charge is 0.399 e. The molecule has 2 amide bonds. The van der Waals surface area contributed by atoms with Crippen LogP contribution >= 0.6 is 11.3 Å². The number of hydrogen-bond donors (Lipinski definition) is 3. The van der Waals surface area contributed by atoms with E-state index in [-0.39, 0.29) is 6.03 Å². The summed E-state index contributed by atoms with van der Waals surface area (Å²) in [5.74, 6) is 0. The van der Waals surface area contributed by atoms with Gasteiger partial charge in [-0.05, 0) is 40.6 Å². The van der Waals surface area contributed by atoms with Crippen molar-refractivity contribution in [1.29, 1.82) is 0 Å². The number of nitrogens with two attached hydrogens (primary N) is 1. The van der Waals surface area contributed by atoms with Crippen LogP contribution in [0.25, 0.3) is 0 Å². The summed E-state index contributed by atoms with van der Waals surface area (Å²) in [5.41, 5.74) is 8.02. The molecule has 88 valence electrons. The average Bonchev–Trinajstić information content (AvgIpc) is 2.79. The van der Waals surface area contributed by atoms with Crippen LogP contribution in [0.3, 0.4) is 0 Å². The van der Waals surface area contributed by atoms with Crippen molar-refractivity contribution >= 4 is 28.7 Å². The predicted molar refractivity (Wildman–Crippen MR) is 71.0 cm³/mol. The Bertz CT molecular complexity index is 496. The molecule has 1 aromatic carbocycles. The molecule has 0 atom stereocenters. The summed E-state index contributed by atoms with van der Waals surface area (Å²) in [6.07, 6.45) is 0. The third-order valence-corrected chi connectivity index (χ3v) is 2.91. The molecule has 0 aliphatic heterocycles. The summed E-state index contributed by atoms with van der Waals surface area (Å²) < 4.78 is 0. The molecule has 5 heteroatoms. The Balaban J connectivity index is 1.85. The number of nitrogen functional groups attached to an aromatic ring is 1. The second kappa shape index (κ2) is 5.36. The zero-order valence-electron chi connectivity index (χ0n) is 9.14. The van der Waals surface area contributed by atoms with Crippen molar-refractivity contribution in [2.24, 2.45) is 0 Å². The summed E-state index contributed by atoms with van der Waals surface area (Å²) in [6, 6.07) is 8.82. The molecule has 1 heterocycles. The van der Waals surface area contributed by atoms with Gasteiger partial charge >= 0.3 is 6.03 Å². The van der Waals surface area contributed by atoms with Crippen molar-refractivity contribution in [3.05, 3.63) is 46.7 Å². The second-order valence-corrected chi connectivity index (χ2v) is 4.34. The van der Waals surface area contributed by atoms with E-state index < -0.39 is 0 Å². The van der Waals surface area contributed by atoms with Crippen LogP contribution in [0, 0.1) is 0 Å². The first kappa shape index (κ1) is 11.5. The van der Waals surface area contributed by atoms with E-state index in [1.807, 2.05) is 16.8 Å². The minimum absolute atomic E-state index is 0.234. The first-order valence-corrected chi connectivity index (χ1v) is 6.10. The fourth-order valence-corrected chi connectivity index (χ4v) is 2.04. The van der Waals surface area contributed by atoms with Gasteiger partial charge in [0.2, 0.25) is 0 Å². The van der Waals surface area contributed by atoms with Crippen LogP contribution < -0.4 is 16.4 Å². The molecule has 0 aliphatic rings. The number of anilines is 2. The van der Waals surface area contributed by atoms with E-state index in [9.17, 15) is 4.79 Å². The van der Waals surface area contributed by atoms with Gasteiger partial charge in [-0.2, -0.15) is 11.3 Å². The molecule has 1 aromatic heterocycles. The zero-order valence-corrected chi connectivity index (χ0v) is 9.96. The maximum Gasteiger partial charge on any atom is 0.319 e. The predicted octanol–water partition coefficient (Wildman–Crippen LogP) is 2.65. The summed E-state index contributed by atoms with van der Waals surface area (Å²) in [6.45, 7) is 0.525. The number of nitrogens with one attached hydrogen (secondary N) is 2. The fraction of sp³-hybridized carbons (Fsp3) is 0.0833. The van der Waals surface area contributed by atoms with Gasteiger partial charge in [0.1, 0.15) is 0 Å². The van der Waals surface area contributed by atoms with E-state index in [0.29, 0.717) is 17.9 Å². The number of urea groups is 1. The van der Waals surface area contributed by atoms with Crippen molar-refractivity contribution in [3.8, 4) is 0 Å². The molecular formula is C12H13N3OS. The minimum atomic E-state index is -0.234. The van der Waals surface area contributed by atoms with Gasteiger partial charge in [0, 0.05) is 17.9 Å². The van der Waals surface area contributed by atoms with Gasteiger partial charge in [-0.25, -0.2) is 4.79 Å². The highest BCUT2D eigenvalue weighted by molar-refractivity contribution is 7.07. The zero-order chi connectivity index (χ0) is 12.1. The molecule has 0 radical (unpaired) electrons. The van der Waals surface area contributed by atoms with Gasteiger partial charge in [-0.3, -0.25) is 0 Å². The van der Waals surface area contributed by atoms with Gasteiger partial charge in [0.25, 0.3) is 0 Å². The molecule has 17 heavy (non-hydrogen) atoms. The number of hydrogen-bond acceptors (Lipinski definition) is 3. The van der Waals surface area contributed by atoms with Gasteiger partial charge in [-0.1, -0.05) is 6.07 Å². The SMILES string of the molecule is Nc1cccc(NC(=O)NCc2ccsc2)c1. The molecule has 2 rings (SSSR count). The Kier molecular flexibility index (Phi) is 3.62. The third-order valence-electron chi connectivity index (χ3n) is 2.18. The molecule has 0 saturated heterocycles. The van der Waals surface area contributed by atoms with Gasteiger partial charge < -0.3 is 16.4 Å². The third kappa shape index (κ3) is 3.49. The molecule has 0 fully saturated rings. The van der Waals surface area contributed by atoms with Gasteiger partial charge in [-0.15, -0.1) is 0 Å². The van der Waals surface area contributed by atoms with E-state index in [1.165, 1.54) is 0 Å². The number of benzene rings is 1. The highest BCUT2D eigenvalue weighted by atomic mass is 32.1. The number of thiophene rings is 1. The number of carbonyl (C=O) groups is 1. The summed E-state index contributed by atoms with van der Waals surface area (Å²) in [4.78, 5) is 11.6. The van der Waals surface area contributed by atoms with Crippen LogP contribution in [-0.4, -0.2) is 6.03 Å². The number of amides is 2. The van der Waals surface area contributed by atoms with Gasteiger partial charge in [0.05, 0.1) is 0 Å². The lowest BCUT2D eigenvalue weighted by atomic mass is 10.3. The molecule has 4 nitrogen and oxygen atoms in total. The highest BCUT2D eigenvalue weighted by Crippen LogP contribution is 2.11. The average molecular weight is 247 g/mol. The highest BCUT2D eigenvalue weighted by Gasteiger charge is 2.01. The van der Waals surface area contributed by atoms with E-state index in [2.05, 4.69) is 10.6 Å². The Hall–Kier alpha value is -2.01. The van der Waals surface area contributed by atoms with E-state index >= 15 is 0 Å². The molecule has 0 aliphatic carbocycles. The smallest absolute Gasteiger partial charge is 0.319 e. The molecule has 0 spiro atoms. The number of carbonyl (C=O) groups excluding carboxylic acids is 1. The van der Waals surface area contributed by atoms with E-state index in [4.69, 9.17) is 5.73 Å². The molecule has 2 aromatic rings. The summed E-state index contributed by atoms with van der Waals surface area (Å²) >= 11 is 1.61. The maximum atomic E-state index is 11.6. The molecule has 4 N–H and O–H groups in total. The summed E-state index contributed by atoms with van der Waals surface area (Å²) in [7, 11) is 0. The fourth-order valence-electron chi connectivity index (χ4n) is 1.37. The standard InChI is InChI=1S/C12H13N3OS/c13-10-2-1-3-11(6-10)15-12(16)14-7-9-4-5-17-8-9/h1-6,8H,7,13H2,(H2,14,15,16). The van der Waals surface area contributed by atoms with Crippen LogP contribution in [0.15, 0.2) is 41.1 Å². The Morgan fingerprint density at radius 2 is 2.24 bits per heavy atom. The van der Waals surface area contributed by atoms with Crippen LogP contribution in [0.4, 0.5) is 16.2 Å². The van der Waals surface area contributed by atoms with Crippen molar-refractivity contribution in [3.63, 3.8) is 0 Å². The quantitative estimate of drug-likeness (QED) is 0.730. The van der Waals surface area contributed by atoms with Crippen molar-refractivity contribution in [2.75, 3.05) is 11.1 Å².